The summed E-state index contributed by atoms with van der Waals surface area (Å²) >= 11 is 5.93. The van der Waals surface area contributed by atoms with E-state index in [-0.39, 0.29) is 17.4 Å². The van der Waals surface area contributed by atoms with Gasteiger partial charge in [-0.25, -0.2) is 0 Å². The second kappa shape index (κ2) is 5.46. The highest BCUT2D eigenvalue weighted by Gasteiger charge is 2.13. The van der Waals surface area contributed by atoms with Crippen molar-refractivity contribution in [2.75, 3.05) is 0 Å². The van der Waals surface area contributed by atoms with Crippen LogP contribution >= 0.6 is 11.6 Å². The Labute approximate surface area is 125 Å². The number of rotatable bonds is 3. The molecule has 2 N–H and O–H groups in total. The number of phenols is 2. The fraction of sp³-hybridized carbons (Fsp3) is 0.0667. The number of aromatic hydroxyl groups is 2. The zero-order chi connectivity index (χ0) is 14.8. The van der Waals surface area contributed by atoms with Crippen LogP contribution in [-0.2, 0) is 6.42 Å². The lowest BCUT2D eigenvalue weighted by Crippen LogP contribution is -1.90. The first-order valence-corrected chi connectivity index (χ1v) is 6.59. The molecule has 0 aliphatic rings. The molecule has 2 aromatic carbocycles. The van der Waals surface area contributed by atoms with Crippen LogP contribution in [0.5, 0.6) is 11.5 Å². The Bertz CT molecular complexity index is 786. The monoisotopic (exact) mass is 302 g/mol. The molecule has 0 saturated heterocycles. The third kappa shape index (κ3) is 2.98. The highest BCUT2D eigenvalue weighted by atomic mass is 35.5. The molecule has 0 atom stereocenters. The molecule has 0 spiro atoms. The first-order chi connectivity index (χ1) is 10.1. The van der Waals surface area contributed by atoms with Crippen LogP contribution in [0.25, 0.3) is 11.5 Å². The van der Waals surface area contributed by atoms with E-state index < -0.39 is 0 Å². The number of halogens is 1. The molecule has 3 rings (SSSR count). The summed E-state index contributed by atoms with van der Waals surface area (Å²) in [6, 6.07) is 11.6. The maximum atomic E-state index is 9.77. The summed E-state index contributed by atoms with van der Waals surface area (Å²) in [5, 5.41) is 23.6. The zero-order valence-electron chi connectivity index (χ0n) is 10.8. The van der Waals surface area contributed by atoms with Gasteiger partial charge in [-0.1, -0.05) is 28.9 Å². The molecule has 0 unspecified atom stereocenters. The van der Waals surface area contributed by atoms with Crippen molar-refractivity contribution >= 4 is 11.6 Å². The molecule has 0 aliphatic heterocycles. The van der Waals surface area contributed by atoms with Crippen molar-refractivity contribution in [3.05, 3.63) is 58.9 Å². The highest BCUT2D eigenvalue weighted by molar-refractivity contribution is 6.30. The molecule has 0 saturated carbocycles. The molecule has 3 aromatic rings. The molecular weight excluding hydrogens is 292 g/mol. The summed E-state index contributed by atoms with van der Waals surface area (Å²) < 4.78 is 5.14. The first kappa shape index (κ1) is 13.5. The predicted octanol–water partition coefficient (Wildman–Crippen LogP) is 3.39. The Kier molecular flexibility index (Phi) is 3.50. The van der Waals surface area contributed by atoms with Crippen molar-refractivity contribution in [3.63, 3.8) is 0 Å². The molecular formula is C15H11ClN2O3. The van der Waals surface area contributed by atoms with Crippen molar-refractivity contribution in [2.24, 2.45) is 0 Å². The van der Waals surface area contributed by atoms with Gasteiger partial charge >= 0.3 is 0 Å². The van der Waals surface area contributed by atoms with Gasteiger partial charge in [-0.05, 0) is 29.8 Å². The molecule has 1 aromatic heterocycles. The zero-order valence-corrected chi connectivity index (χ0v) is 11.6. The van der Waals surface area contributed by atoms with E-state index in [9.17, 15) is 10.2 Å². The number of hydrogen-bond donors (Lipinski definition) is 2. The van der Waals surface area contributed by atoms with Crippen molar-refractivity contribution < 1.29 is 14.7 Å². The predicted molar refractivity (Wildman–Crippen MR) is 77.3 cm³/mol. The lowest BCUT2D eigenvalue weighted by Gasteiger charge is -1.99. The average Bonchev–Trinajstić information content (AvgIpc) is 2.87. The van der Waals surface area contributed by atoms with Crippen LogP contribution in [-0.4, -0.2) is 20.4 Å². The van der Waals surface area contributed by atoms with Crippen LogP contribution < -0.4 is 0 Å². The largest absolute Gasteiger partial charge is 0.508 e. The molecule has 106 valence electrons. The molecule has 0 amide bonds. The third-order valence-corrected chi connectivity index (χ3v) is 3.17. The minimum absolute atomic E-state index is 0.0325. The van der Waals surface area contributed by atoms with E-state index in [1.807, 2.05) is 18.2 Å². The van der Waals surface area contributed by atoms with E-state index >= 15 is 0 Å². The summed E-state index contributed by atoms with van der Waals surface area (Å²) in [6.45, 7) is 0. The minimum atomic E-state index is -0.118. The smallest absolute Gasteiger partial charge is 0.261 e. The highest BCUT2D eigenvalue weighted by Crippen LogP contribution is 2.31. The lowest BCUT2D eigenvalue weighted by atomic mass is 10.1. The van der Waals surface area contributed by atoms with Gasteiger partial charge in [0.15, 0.2) is 5.82 Å². The van der Waals surface area contributed by atoms with Crippen LogP contribution in [0.2, 0.25) is 5.02 Å². The Morgan fingerprint density at radius 3 is 2.71 bits per heavy atom. The van der Waals surface area contributed by atoms with Crippen LogP contribution in [0.15, 0.2) is 47.0 Å². The topological polar surface area (TPSA) is 79.4 Å². The third-order valence-electron chi connectivity index (χ3n) is 2.93. The number of phenolic OH excluding ortho intramolecular Hbond substituents is 2. The van der Waals surface area contributed by atoms with Gasteiger partial charge in [0.05, 0.1) is 5.56 Å². The van der Waals surface area contributed by atoms with Gasteiger partial charge in [0.1, 0.15) is 11.5 Å². The number of hydrogen-bond acceptors (Lipinski definition) is 5. The summed E-state index contributed by atoms with van der Waals surface area (Å²) in [5.41, 5.74) is 1.34. The number of benzene rings is 2. The standard InChI is InChI=1S/C15H11ClN2O3/c16-10-3-1-2-9(6-10)7-14-17-15(21-18-14)12-5-4-11(19)8-13(12)20/h1-6,8,19-20H,7H2. The fourth-order valence-electron chi connectivity index (χ4n) is 1.97. The Morgan fingerprint density at radius 2 is 1.95 bits per heavy atom. The average molecular weight is 303 g/mol. The van der Waals surface area contributed by atoms with Gasteiger partial charge < -0.3 is 14.7 Å². The summed E-state index contributed by atoms with van der Waals surface area (Å²) in [7, 11) is 0. The Balaban J connectivity index is 1.86. The molecule has 0 fully saturated rings. The van der Waals surface area contributed by atoms with Gasteiger partial charge in [0.2, 0.25) is 0 Å². The van der Waals surface area contributed by atoms with Gasteiger partial charge in [-0.2, -0.15) is 4.98 Å². The van der Waals surface area contributed by atoms with E-state index in [1.54, 1.807) is 6.07 Å². The minimum Gasteiger partial charge on any atom is -0.508 e. The van der Waals surface area contributed by atoms with Gasteiger partial charge in [0.25, 0.3) is 5.89 Å². The molecule has 1 heterocycles. The number of aromatic nitrogens is 2. The van der Waals surface area contributed by atoms with E-state index in [4.69, 9.17) is 16.1 Å². The SMILES string of the molecule is Oc1ccc(-c2nc(Cc3cccc(Cl)c3)no2)c(O)c1. The maximum Gasteiger partial charge on any atom is 0.261 e. The summed E-state index contributed by atoms with van der Waals surface area (Å²) in [6.07, 6.45) is 0.475. The normalized spacial score (nSPS) is 10.7. The van der Waals surface area contributed by atoms with E-state index in [0.717, 1.165) is 5.56 Å². The van der Waals surface area contributed by atoms with Crippen LogP contribution in [0.4, 0.5) is 0 Å². The van der Waals surface area contributed by atoms with E-state index in [2.05, 4.69) is 10.1 Å². The van der Waals surface area contributed by atoms with Crippen LogP contribution in [0.1, 0.15) is 11.4 Å². The molecule has 21 heavy (non-hydrogen) atoms. The van der Waals surface area contributed by atoms with Crippen LogP contribution in [0, 0.1) is 0 Å². The first-order valence-electron chi connectivity index (χ1n) is 6.21. The Hall–Kier alpha value is -2.53. The summed E-state index contributed by atoms with van der Waals surface area (Å²) in [5.74, 6) is 0.534. The maximum absolute atomic E-state index is 9.77. The fourth-order valence-corrected chi connectivity index (χ4v) is 2.18. The molecule has 6 heteroatoms. The van der Waals surface area contributed by atoms with Crippen LogP contribution in [0.3, 0.4) is 0 Å². The second-order valence-corrected chi connectivity index (χ2v) is 4.96. The van der Waals surface area contributed by atoms with E-state index in [0.29, 0.717) is 22.8 Å². The van der Waals surface area contributed by atoms with Crippen molar-refractivity contribution in [1.82, 2.24) is 10.1 Å². The van der Waals surface area contributed by atoms with Crippen molar-refractivity contribution in [1.29, 1.82) is 0 Å². The molecule has 0 radical (unpaired) electrons. The van der Waals surface area contributed by atoms with E-state index in [1.165, 1.54) is 18.2 Å². The lowest BCUT2D eigenvalue weighted by molar-refractivity contribution is 0.417. The molecule has 0 aliphatic carbocycles. The molecule has 0 bridgehead atoms. The van der Waals surface area contributed by atoms with Gasteiger partial charge in [-0.15, -0.1) is 0 Å². The van der Waals surface area contributed by atoms with Gasteiger partial charge in [-0.3, -0.25) is 0 Å². The quantitative estimate of drug-likeness (QED) is 0.775. The number of nitrogens with zero attached hydrogens (tertiary/aromatic N) is 2. The Morgan fingerprint density at radius 1 is 1.10 bits per heavy atom. The second-order valence-electron chi connectivity index (χ2n) is 4.52. The van der Waals surface area contributed by atoms with Gasteiger partial charge in [0, 0.05) is 17.5 Å². The van der Waals surface area contributed by atoms with Crippen molar-refractivity contribution in [2.45, 2.75) is 6.42 Å². The molecule has 5 nitrogen and oxygen atoms in total. The summed E-state index contributed by atoms with van der Waals surface area (Å²) in [4.78, 5) is 4.23. The van der Waals surface area contributed by atoms with Crippen molar-refractivity contribution in [3.8, 4) is 23.0 Å².